The van der Waals surface area contributed by atoms with E-state index < -0.39 is 0 Å². The minimum atomic E-state index is -0.164. The van der Waals surface area contributed by atoms with Crippen molar-refractivity contribution in [3.8, 4) is 0 Å². The lowest BCUT2D eigenvalue weighted by molar-refractivity contribution is -0.139. The molecule has 0 aromatic carbocycles. The third kappa shape index (κ3) is 3.82. The van der Waals surface area contributed by atoms with Crippen LogP contribution in [0, 0.1) is 11.8 Å². The summed E-state index contributed by atoms with van der Waals surface area (Å²) in [6.45, 7) is 4.88. The lowest BCUT2D eigenvalue weighted by atomic mass is 9.78. The van der Waals surface area contributed by atoms with Gasteiger partial charge in [-0.1, -0.05) is 26.7 Å². The maximum absolute atomic E-state index is 11.0. The SMILES string of the molecule is COC(=O)CNC1CCCCC1C(C)C. The van der Waals surface area contributed by atoms with Gasteiger partial charge in [-0.3, -0.25) is 4.79 Å². The Morgan fingerprint density at radius 1 is 1.40 bits per heavy atom. The predicted molar refractivity (Wildman–Crippen MR) is 60.6 cm³/mol. The molecule has 0 saturated heterocycles. The second-order valence-corrected chi connectivity index (χ2v) is 4.76. The normalized spacial score (nSPS) is 26.7. The molecule has 0 amide bonds. The van der Waals surface area contributed by atoms with Crippen molar-refractivity contribution < 1.29 is 9.53 Å². The molecule has 0 aromatic heterocycles. The van der Waals surface area contributed by atoms with E-state index in [0.717, 1.165) is 0 Å². The van der Waals surface area contributed by atoms with E-state index in [0.29, 0.717) is 24.4 Å². The molecule has 0 aliphatic heterocycles. The third-order valence-electron chi connectivity index (χ3n) is 3.41. The standard InChI is InChI=1S/C12H23NO2/c1-9(2)10-6-4-5-7-11(10)13-8-12(14)15-3/h9-11,13H,4-8H2,1-3H3. The Kier molecular flexibility index (Phi) is 5.09. The zero-order valence-electron chi connectivity index (χ0n) is 10.1. The van der Waals surface area contributed by atoms with Crippen LogP contribution in [0.4, 0.5) is 0 Å². The highest BCUT2D eigenvalue weighted by molar-refractivity contribution is 5.71. The number of carbonyl (C=O) groups excluding carboxylic acids is 1. The molecule has 0 aromatic rings. The fourth-order valence-electron chi connectivity index (χ4n) is 2.50. The van der Waals surface area contributed by atoms with Crippen molar-refractivity contribution in [2.45, 2.75) is 45.6 Å². The topological polar surface area (TPSA) is 38.3 Å². The molecular weight excluding hydrogens is 190 g/mol. The van der Waals surface area contributed by atoms with Crippen LogP contribution in [0.5, 0.6) is 0 Å². The molecule has 1 fully saturated rings. The van der Waals surface area contributed by atoms with Gasteiger partial charge in [-0.2, -0.15) is 0 Å². The molecule has 88 valence electrons. The molecule has 2 unspecified atom stereocenters. The summed E-state index contributed by atoms with van der Waals surface area (Å²) in [7, 11) is 1.44. The monoisotopic (exact) mass is 213 g/mol. The largest absolute Gasteiger partial charge is 0.468 e. The molecule has 3 nitrogen and oxygen atoms in total. The maximum Gasteiger partial charge on any atom is 0.319 e. The van der Waals surface area contributed by atoms with E-state index in [1.165, 1.54) is 32.8 Å². The summed E-state index contributed by atoms with van der Waals surface area (Å²) >= 11 is 0. The number of rotatable bonds is 4. The highest BCUT2D eigenvalue weighted by Gasteiger charge is 2.27. The van der Waals surface area contributed by atoms with Gasteiger partial charge in [-0.05, 0) is 24.7 Å². The van der Waals surface area contributed by atoms with Gasteiger partial charge in [0.05, 0.1) is 13.7 Å². The fraction of sp³-hybridized carbons (Fsp3) is 0.917. The molecular formula is C12H23NO2. The van der Waals surface area contributed by atoms with Gasteiger partial charge in [0.2, 0.25) is 0 Å². The van der Waals surface area contributed by atoms with Crippen molar-refractivity contribution >= 4 is 5.97 Å². The van der Waals surface area contributed by atoms with E-state index in [-0.39, 0.29) is 5.97 Å². The second-order valence-electron chi connectivity index (χ2n) is 4.76. The molecule has 0 spiro atoms. The van der Waals surface area contributed by atoms with E-state index in [9.17, 15) is 4.79 Å². The van der Waals surface area contributed by atoms with E-state index in [1.807, 2.05) is 0 Å². The summed E-state index contributed by atoms with van der Waals surface area (Å²) in [6, 6.07) is 0.498. The minimum Gasteiger partial charge on any atom is -0.468 e. The van der Waals surface area contributed by atoms with Gasteiger partial charge < -0.3 is 10.1 Å². The van der Waals surface area contributed by atoms with E-state index >= 15 is 0 Å². The van der Waals surface area contributed by atoms with E-state index in [1.54, 1.807) is 0 Å². The van der Waals surface area contributed by atoms with Crippen LogP contribution in [0.3, 0.4) is 0 Å². The summed E-state index contributed by atoms with van der Waals surface area (Å²) < 4.78 is 4.64. The van der Waals surface area contributed by atoms with Gasteiger partial charge in [-0.25, -0.2) is 0 Å². The average molecular weight is 213 g/mol. The molecule has 3 heteroatoms. The number of ether oxygens (including phenoxy) is 1. The molecule has 0 bridgehead atoms. The van der Waals surface area contributed by atoms with Crippen LogP contribution in [-0.2, 0) is 9.53 Å². The molecule has 2 atom stereocenters. The van der Waals surface area contributed by atoms with Gasteiger partial charge in [0.15, 0.2) is 0 Å². The zero-order valence-corrected chi connectivity index (χ0v) is 10.1. The Bertz CT molecular complexity index is 204. The molecule has 1 aliphatic rings. The first-order valence-corrected chi connectivity index (χ1v) is 5.95. The van der Waals surface area contributed by atoms with Crippen molar-refractivity contribution in [3.63, 3.8) is 0 Å². The van der Waals surface area contributed by atoms with Crippen LogP contribution in [0.15, 0.2) is 0 Å². The lowest BCUT2D eigenvalue weighted by Gasteiger charge is -2.34. The van der Waals surface area contributed by atoms with Gasteiger partial charge >= 0.3 is 5.97 Å². The van der Waals surface area contributed by atoms with Gasteiger partial charge in [0, 0.05) is 6.04 Å². The summed E-state index contributed by atoms with van der Waals surface area (Å²) in [6.07, 6.45) is 5.09. The van der Waals surface area contributed by atoms with Crippen molar-refractivity contribution in [2.24, 2.45) is 11.8 Å². The van der Waals surface area contributed by atoms with Gasteiger partial charge in [-0.15, -0.1) is 0 Å². The van der Waals surface area contributed by atoms with Gasteiger partial charge in [0.25, 0.3) is 0 Å². The Morgan fingerprint density at radius 2 is 2.07 bits per heavy atom. The third-order valence-corrected chi connectivity index (χ3v) is 3.41. The maximum atomic E-state index is 11.0. The molecule has 0 heterocycles. The number of esters is 1. The van der Waals surface area contributed by atoms with E-state index in [2.05, 4.69) is 23.9 Å². The quantitative estimate of drug-likeness (QED) is 0.726. The highest BCUT2D eigenvalue weighted by Crippen LogP contribution is 2.29. The van der Waals surface area contributed by atoms with Crippen molar-refractivity contribution in [1.82, 2.24) is 5.32 Å². The Balaban J connectivity index is 2.39. The van der Waals surface area contributed by atoms with Crippen molar-refractivity contribution in [3.05, 3.63) is 0 Å². The summed E-state index contributed by atoms with van der Waals surface area (Å²) in [4.78, 5) is 11.0. The molecule has 1 N–H and O–H groups in total. The zero-order chi connectivity index (χ0) is 11.3. The number of carbonyl (C=O) groups is 1. The first-order valence-electron chi connectivity index (χ1n) is 5.95. The smallest absolute Gasteiger partial charge is 0.319 e. The predicted octanol–water partition coefficient (Wildman–Crippen LogP) is 1.96. The molecule has 15 heavy (non-hydrogen) atoms. The Hall–Kier alpha value is -0.570. The van der Waals surface area contributed by atoms with Crippen molar-refractivity contribution in [1.29, 1.82) is 0 Å². The minimum absolute atomic E-state index is 0.164. The lowest BCUT2D eigenvalue weighted by Crippen LogP contribution is -2.43. The summed E-state index contributed by atoms with van der Waals surface area (Å²) in [5.74, 6) is 1.24. The molecule has 1 aliphatic carbocycles. The van der Waals surface area contributed by atoms with E-state index in [4.69, 9.17) is 0 Å². The number of nitrogens with one attached hydrogen (secondary N) is 1. The summed E-state index contributed by atoms with van der Waals surface area (Å²) in [5.41, 5.74) is 0. The first-order chi connectivity index (χ1) is 7.15. The first kappa shape index (κ1) is 12.5. The van der Waals surface area contributed by atoms with Crippen LogP contribution < -0.4 is 5.32 Å². The van der Waals surface area contributed by atoms with Crippen LogP contribution in [0.1, 0.15) is 39.5 Å². The fourth-order valence-corrected chi connectivity index (χ4v) is 2.50. The number of hydrogen-bond donors (Lipinski definition) is 1. The Labute approximate surface area is 92.6 Å². The van der Waals surface area contributed by atoms with Gasteiger partial charge in [0.1, 0.15) is 0 Å². The van der Waals surface area contributed by atoms with Crippen LogP contribution in [0.25, 0.3) is 0 Å². The second kappa shape index (κ2) is 6.11. The summed E-state index contributed by atoms with van der Waals surface area (Å²) in [5, 5.41) is 3.33. The average Bonchev–Trinajstić information content (AvgIpc) is 2.26. The number of methoxy groups -OCH3 is 1. The van der Waals surface area contributed by atoms with Crippen LogP contribution in [-0.4, -0.2) is 25.7 Å². The highest BCUT2D eigenvalue weighted by atomic mass is 16.5. The van der Waals surface area contributed by atoms with Crippen molar-refractivity contribution in [2.75, 3.05) is 13.7 Å². The molecule has 1 saturated carbocycles. The Morgan fingerprint density at radius 3 is 2.67 bits per heavy atom. The van der Waals surface area contributed by atoms with Crippen LogP contribution >= 0.6 is 0 Å². The number of hydrogen-bond acceptors (Lipinski definition) is 3. The van der Waals surface area contributed by atoms with Crippen LogP contribution in [0.2, 0.25) is 0 Å². The molecule has 0 radical (unpaired) electrons. The molecule has 1 rings (SSSR count).